The van der Waals surface area contributed by atoms with E-state index in [4.69, 9.17) is 9.47 Å². The van der Waals surface area contributed by atoms with Crippen molar-refractivity contribution >= 4 is 34.5 Å². The molecule has 0 aromatic heterocycles. The molecule has 0 radical (unpaired) electrons. The number of hydrogen-bond donors (Lipinski definition) is 0. The van der Waals surface area contributed by atoms with Crippen molar-refractivity contribution in [2.75, 3.05) is 0 Å². The van der Waals surface area contributed by atoms with Crippen molar-refractivity contribution in [2.24, 2.45) is 17.3 Å². The fourth-order valence-corrected chi connectivity index (χ4v) is 7.62. The summed E-state index contributed by atoms with van der Waals surface area (Å²) in [6.45, 7) is 5.45. The Kier molecular flexibility index (Phi) is 5.26. The van der Waals surface area contributed by atoms with Crippen LogP contribution >= 0.6 is 22.6 Å². The molecule has 0 N–H and O–H groups in total. The van der Waals surface area contributed by atoms with Gasteiger partial charge < -0.3 is 9.47 Å². The topological polar surface area (TPSA) is 52.6 Å². The molecule has 5 saturated carbocycles. The van der Waals surface area contributed by atoms with Crippen LogP contribution in [0.4, 0.5) is 0 Å². The molecule has 0 saturated heterocycles. The molecule has 5 aliphatic rings. The molecule has 0 spiro atoms. The number of carbonyl (C=O) groups is 2. The van der Waals surface area contributed by atoms with Crippen LogP contribution < -0.4 is 0 Å². The van der Waals surface area contributed by atoms with E-state index in [0.717, 1.165) is 63.4 Å². The van der Waals surface area contributed by atoms with Crippen molar-refractivity contribution in [1.29, 1.82) is 0 Å². The van der Waals surface area contributed by atoms with Gasteiger partial charge >= 0.3 is 11.9 Å². The van der Waals surface area contributed by atoms with E-state index in [1.54, 1.807) is 6.92 Å². The van der Waals surface area contributed by atoms with Gasteiger partial charge in [0.05, 0.1) is 5.41 Å². The van der Waals surface area contributed by atoms with E-state index in [1.807, 2.05) is 0 Å². The molecule has 31 heavy (non-hydrogen) atoms. The second-order valence-corrected chi connectivity index (χ2v) is 11.9. The van der Waals surface area contributed by atoms with Gasteiger partial charge in [-0.2, -0.15) is 0 Å². The molecule has 2 atom stereocenters. The maximum absolute atomic E-state index is 13.9. The number of esters is 2. The lowest BCUT2D eigenvalue weighted by Crippen LogP contribution is -2.60. The fraction of sp³-hybridized carbons (Fsp3) is 0.615. The normalized spacial score (nSPS) is 35.0. The first-order chi connectivity index (χ1) is 14.7. The Bertz CT molecular complexity index is 898. The summed E-state index contributed by atoms with van der Waals surface area (Å²) in [5.41, 5.74) is -0.00190. The summed E-state index contributed by atoms with van der Waals surface area (Å²) in [5, 5.41) is 0. The van der Waals surface area contributed by atoms with Crippen LogP contribution in [0, 0.1) is 20.8 Å². The number of carbonyl (C=O) groups excluding carboxylic acids is 2. The molecule has 166 valence electrons. The van der Waals surface area contributed by atoms with Crippen LogP contribution in [0.5, 0.6) is 0 Å². The van der Waals surface area contributed by atoms with Crippen LogP contribution in [0.15, 0.2) is 36.4 Å². The van der Waals surface area contributed by atoms with Crippen molar-refractivity contribution in [3.63, 3.8) is 0 Å². The van der Waals surface area contributed by atoms with Crippen LogP contribution in [0.3, 0.4) is 0 Å². The lowest BCUT2D eigenvalue weighted by atomic mass is 9.48. The van der Waals surface area contributed by atoms with Crippen molar-refractivity contribution in [3.05, 3.63) is 45.6 Å². The minimum atomic E-state index is -0.523. The Morgan fingerprint density at radius 1 is 1.00 bits per heavy atom. The Balaban J connectivity index is 1.42. The van der Waals surface area contributed by atoms with Gasteiger partial charge in [-0.3, -0.25) is 4.79 Å². The van der Waals surface area contributed by atoms with E-state index >= 15 is 0 Å². The summed E-state index contributed by atoms with van der Waals surface area (Å²) in [6, 6.07) is 8.44. The second-order valence-electron chi connectivity index (χ2n) is 10.7. The van der Waals surface area contributed by atoms with Gasteiger partial charge in [-0.05, 0) is 117 Å². The van der Waals surface area contributed by atoms with Gasteiger partial charge in [0.15, 0.2) is 0 Å². The summed E-state index contributed by atoms with van der Waals surface area (Å²) in [6.07, 6.45) is 9.18. The van der Waals surface area contributed by atoms with Gasteiger partial charge in [-0.1, -0.05) is 18.7 Å². The molecule has 5 aliphatic carbocycles. The molecule has 1 aromatic rings. The van der Waals surface area contributed by atoms with E-state index in [1.165, 1.54) is 3.57 Å². The molecule has 0 heterocycles. The van der Waals surface area contributed by atoms with Crippen molar-refractivity contribution in [3.8, 4) is 0 Å². The van der Waals surface area contributed by atoms with E-state index in [0.29, 0.717) is 23.8 Å². The Labute approximate surface area is 198 Å². The molecule has 5 heteroatoms. The molecular formula is C26H31IO4. The minimum Gasteiger partial charge on any atom is -0.456 e. The van der Waals surface area contributed by atoms with Gasteiger partial charge in [-0.25, -0.2) is 4.79 Å². The van der Waals surface area contributed by atoms with E-state index in [9.17, 15) is 9.59 Å². The maximum Gasteiger partial charge on any atom is 0.333 e. The second kappa shape index (κ2) is 7.60. The van der Waals surface area contributed by atoms with Crippen LogP contribution in [0.2, 0.25) is 0 Å². The smallest absolute Gasteiger partial charge is 0.333 e. The van der Waals surface area contributed by atoms with Gasteiger partial charge in [0.25, 0.3) is 0 Å². The molecular weight excluding hydrogens is 503 g/mol. The highest BCUT2D eigenvalue weighted by Crippen LogP contribution is 2.64. The van der Waals surface area contributed by atoms with Crippen LogP contribution in [0.25, 0.3) is 0 Å². The average Bonchev–Trinajstić information content (AvgIpc) is 3.16. The number of rotatable bonds is 5. The Morgan fingerprint density at radius 2 is 1.61 bits per heavy atom. The Hall–Kier alpha value is -1.37. The summed E-state index contributed by atoms with van der Waals surface area (Å²) in [7, 11) is 0. The van der Waals surface area contributed by atoms with E-state index < -0.39 is 16.6 Å². The average molecular weight is 534 g/mol. The van der Waals surface area contributed by atoms with Gasteiger partial charge in [0, 0.05) is 15.6 Å². The van der Waals surface area contributed by atoms with Crippen molar-refractivity contribution < 1.29 is 19.1 Å². The molecule has 2 unspecified atom stereocenters. The summed E-state index contributed by atoms with van der Waals surface area (Å²) >= 11 is 2.31. The first-order valence-electron chi connectivity index (χ1n) is 11.6. The number of ether oxygens (including phenoxy) is 2. The third kappa shape index (κ3) is 3.75. The third-order valence-electron chi connectivity index (χ3n) is 8.17. The van der Waals surface area contributed by atoms with Gasteiger partial charge in [0.1, 0.15) is 11.2 Å². The number of hydrogen-bond acceptors (Lipinski definition) is 4. The first-order valence-corrected chi connectivity index (χ1v) is 12.7. The molecule has 1 aromatic carbocycles. The third-order valence-corrected chi connectivity index (χ3v) is 8.89. The van der Waals surface area contributed by atoms with Crippen LogP contribution in [-0.2, 0) is 24.7 Å². The number of benzene rings is 1. The highest BCUT2D eigenvalue weighted by Gasteiger charge is 2.63. The van der Waals surface area contributed by atoms with Gasteiger partial charge in [-0.15, -0.1) is 0 Å². The van der Waals surface area contributed by atoms with E-state index in [2.05, 4.69) is 53.4 Å². The molecule has 4 bridgehead atoms. The first kappa shape index (κ1) is 21.5. The van der Waals surface area contributed by atoms with Crippen molar-refractivity contribution in [2.45, 2.75) is 82.3 Å². The lowest BCUT2D eigenvalue weighted by Gasteiger charge is -2.60. The summed E-state index contributed by atoms with van der Waals surface area (Å²) < 4.78 is 13.7. The zero-order valence-corrected chi connectivity index (χ0v) is 20.4. The molecule has 6 rings (SSSR count). The monoisotopic (exact) mass is 534 g/mol. The van der Waals surface area contributed by atoms with Crippen LogP contribution in [-0.4, -0.2) is 17.5 Å². The maximum atomic E-state index is 13.9. The molecule has 4 nitrogen and oxygen atoms in total. The highest BCUT2D eigenvalue weighted by molar-refractivity contribution is 14.1. The zero-order chi connectivity index (χ0) is 21.9. The molecule has 5 fully saturated rings. The quantitative estimate of drug-likeness (QED) is 0.262. The van der Waals surface area contributed by atoms with E-state index in [-0.39, 0.29) is 11.9 Å². The minimum absolute atomic E-state index is 0.0576. The fourth-order valence-electron chi connectivity index (χ4n) is 7.26. The molecule has 0 aliphatic heterocycles. The standard InChI is InChI=1S/C26H31IO4/c1-17(2)22(28)30-25-14-18-11-19(15-25)13-24(12-18,16-25)23(29)31-26(9-3-4-10-26)20-5-7-21(27)8-6-20/h5-8,18-19H,1,3-4,9-16H2,2H3. The SMILES string of the molecule is C=C(C)C(=O)OC12CC3CC(C1)CC(C(=O)OC1(c4ccc(I)cc4)CCCC1)(C3)C2. The number of halogens is 1. The lowest BCUT2D eigenvalue weighted by molar-refractivity contribution is -0.218. The molecule has 0 amide bonds. The predicted octanol–water partition coefficient (Wildman–Crippen LogP) is 6.06. The van der Waals surface area contributed by atoms with Gasteiger partial charge in [0.2, 0.25) is 0 Å². The summed E-state index contributed by atoms with van der Waals surface area (Å²) in [5.74, 6) is 0.489. The Morgan fingerprint density at radius 3 is 2.19 bits per heavy atom. The summed E-state index contributed by atoms with van der Waals surface area (Å²) in [4.78, 5) is 26.3. The van der Waals surface area contributed by atoms with Crippen molar-refractivity contribution in [1.82, 2.24) is 0 Å². The highest BCUT2D eigenvalue weighted by atomic mass is 127. The predicted molar refractivity (Wildman–Crippen MR) is 126 cm³/mol. The zero-order valence-electron chi connectivity index (χ0n) is 18.3. The van der Waals surface area contributed by atoms with Crippen LogP contribution in [0.1, 0.15) is 76.7 Å². The largest absolute Gasteiger partial charge is 0.456 e.